The molecular formula is C15H11N5O4S. The minimum atomic E-state index is -0.789. The molecule has 1 atom stereocenters. The van der Waals surface area contributed by atoms with Crippen LogP contribution in [0.3, 0.4) is 0 Å². The molecule has 1 aliphatic heterocycles. The number of nitrogens with zero attached hydrogens (tertiary/aromatic N) is 4. The standard InChI is InChI=1S/C15H11N5O4S/c1-25-15-17-14-12(18-19-15)8-4-2-3-5-9(8)16-13(24-14)10-6-7-11(23-10)20(21)22/h2-7,13,16H,1H3/t13-/m0/s1. The highest BCUT2D eigenvalue weighted by Crippen LogP contribution is 2.39. The fourth-order valence-corrected chi connectivity index (χ4v) is 2.74. The van der Waals surface area contributed by atoms with Crippen molar-refractivity contribution in [3.8, 4) is 17.1 Å². The van der Waals surface area contributed by atoms with Gasteiger partial charge in [0.1, 0.15) is 4.92 Å². The van der Waals surface area contributed by atoms with Crippen LogP contribution >= 0.6 is 11.8 Å². The molecule has 3 aromatic rings. The Bertz CT molecular complexity index is 961. The minimum absolute atomic E-state index is 0.263. The molecule has 1 N–H and O–H groups in total. The summed E-state index contributed by atoms with van der Waals surface area (Å²) in [6.07, 6.45) is 1.04. The van der Waals surface area contributed by atoms with Crippen LogP contribution < -0.4 is 10.1 Å². The Kier molecular flexibility index (Phi) is 3.73. The molecule has 0 aliphatic carbocycles. The topological polar surface area (TPSA) is 116 Å². The Morgan fingerprint density at radius 3 is 2.84 bits per heavy atom. The maximum atomic E-state index is 10.9. The quantitative estimate of drug-likeness (QED) is 0.428. The predicted molar refractivity (Wildman–Crippen MR) is 89.4 cm³/mol. The van der Waals surface area contributed by atoms with Gasteiger partial charge in [-0.2, -0.15) is 4.98 Å². The number of anilines is 1. The number of furan rings is 1. The van der Waals surface area contributed by atoms with Crippen LogP contribution in [0.1, 0.15) is 12.0 Å². The van der Waals surface area contributed by atoms with Crippen molar-refractivity contribution >= 4 is 23.3 Å². The van der Waals surface area contributed by atoms with Gasteiger partial charge in [0.05, 0.1) is 6.07 Å². The summed E-state index contributed by atoms with van der Waals surface area (Å²) in [5, 5.41) is 22.8. The third-order valence-corrected chi connectivity index (χ3v) is 4.11. The first-order valence-electron chi connectivity index (χ1n) is 7.21. The molecule has 1 aromatic carbocycles. The zero-order valence-corrected chi connectivity index (χ0v) is 13.7. The summed E-state index contributed by atoms with van der Waals surface area (Å²) in [4.78, 5) is 14.6. The lowest BCUT2D eigenvalue weighted by molar-refractivity contribution is -0.402. The number of fused-ring (bicyclic) bond motifs is 3. The summed E-state index contributed by atoms with van der Waals surface area (Å²) >= 11 is 1.34. The van der Waals surface area contributed by atoms with Gasteiger partial charge in [0.25, 0.3) is 0 Å². The zero-order valence-electron chi connectivity index (χ0n) is 12.9. The lowest BCUT2D eigenvalue weighted by Gasteiger charge is -2.16. The van der Waals surface area contributed by atoms with E-state index in [1.807, 2.05) is 30.5 Å². The predicted octanol–water partition coefficient (Wildman–Crippen LogP) is 3.26. The van der Waals surface area contributed by atoms with Gasteiger partial charge in [-0.1, -0.05) is 30.0 Å². The van der Waals surface area contributed by atoms with Gasteiger partial charge in [0, 0.05) is 11.3 Å². The molecule has 10 heteroatoms. The molecule has 0 amide bonds. The summed E-state index contributed by atoms with van der Waals surface area (Å²) in [5.74, 6) is 0.184. The molecule has 1 aliphatic rings. The highest BCUT2D eigenvalue weighted by atomic mass is 32.2. The van der Waals surface area contributed by atoms with Gasteiger partial charge in [-0.15, -0.1) is 10.2 Å². The Balaban J connectivity index is 1.82. The first-order valence-corrected chi connectivity index (χ1v) is 8.43. The molecule has 0 bridgehead atoms. The monoisotopic (exact) mass is 357 g/mol. The summed E-state index contributed by atoms with van der Waals surface area (Å²) in [7, 11) is 0. The molecule has 9 nitrogen and oxygen atoms in total. The number of rotatable bonds is 3. The maximum Gasteiger partial charge on any atom is 0.433 e. The summed E-state index contributed by atoms with van der Waals surface area (Å²) < 4.78 is 11.2. The summed E-state index contributed by atoms with van der Waals surface area (Å²) in [6, 6.07) is 10.2. The van der Waals surface area contributed by atoms with Gasteiger partial charge in [0.2, 0.25) is 17.3 Å². The Labute approximate surface area is 145 Å². The van der Waals surface area contributed by atoms with E-state index in [9.17, 15) is 10.1 Å². The van der Waals surface area contributed by atoms with Crippen molar-refractivity contribution in [1.82, 2.24) is 15.2 Å². The molecule has 126 valence electrons. The number of benzene rings is 1. The van der Waals surface area contributed by atoms with Crippen molar-refractivity contribution < 1.29 is 14.1 Å². The normalized spacial score (nSPS) is 15.3. The van der Waals surface area contributed by atoms with Crippen molar-refractivity contribution in [3.63, 3.8) is 0 Å². The van der Waals surface area contributed by atoms with Gasteiger partial charge in [0.15, 0.2) is 11.5 Å². The largest absolute Gasteiger partial charge is 0.444 e. The minimum Gasteiger partial charge on any atom is -0.444 e. The lowest BCUT2D eigenvalue weighted by Crippen LogP contribution is -2.16. The number of aromatic nitrogens is 3. The summed E-state index contributed by atoms with van der Waals surface area (Å²) in [6.45, 7) is 0. The van der Waals surface area contributed by atoms with Crippen LogP contribution in [-0.2, 0) is 0 Å². The molecule has 0 fully saturated rings. The van der Waals surface area contributed by atoms with E-state index in [2.05, 4.69) is 20.5 Å². The average Bonchev–Trinajstić information content (AvgIpc) is 3.06. The molecule has 0 saturated heterocycles. The van der Waals surface area contributed by atoms with Gasteiger partial charge in [-0.05, 0) is 18.4 Å². The molecule has 0 radical (unpaired) electrons. The second-order valence-corrected chi connectivity index (χ2v) is 5.85. The van der Waals surface area contributed by atoms with Crippen LogP contribution in [0.25, 0.3) is 11.3 Å². The number of ether oxygens (including phenoxy) is 1. The van der Waals surface area contributed by atoms with Gasteiger partial charge in [-0.25, -0.2) is 0 Å². The zero-order chi connectivity index (χ0) is 17.4. The molecule has 2 aromatic heterocycles. The lowest BCUT2D eigenvalue weighted by atomic mass is 10.1. The highest BCUT2D eigenvalue weighted by molar-refractivity contribution is 7.98. The molecular weight excluding hydrogens is 346 g/mol. The van der Waals surface area contributed by atoms with Gasteiger partial charge in [-0.3, -0.25) is 10.1 Å². The molecule has 25 heavy (non-hydrogen) atoms. The van der Waals surface area contributed by atoms with E-state index in [-0.39, 0.29) is 17.5 Å². The fourth-order valence-electron chi connectivity index (χ4n) is 2.44. The second kappa shape index (κ2) is 6.06. The van der Waals surface area contributed by atoms with Crippen LogP contribution in [0.4, 0.5) is 11.6 Å². The Morgan fingerprint density at radius 1 is 1.24 bits per heavy atom. The van der Waals surface area contributed by atoms with Crippen LogP contribution in [0, 0.1) is 10.1 Å². The Morgan fingerprint density at radius 2 is 2.08 bits per heavy atom. The number of para-hydroxylation sites is 1. The van der Waals surface area contributed by atoms with E-state index in [1.54, 1.807) is 0 Å². The number of nitro groups is 1. The van der Waals surface area contributed by atoms with Gasteiger partial charge >= 0.3 is 5.88 Å². The molecule has 0 spiro atoms. The Hall–Kier alpha value is -3.14. The third kappa shape index (κ3) is 2.76. The molecule has 0 saturated carbocycles. The van der Waals surface area contributed by atoms with E-state index in [4.69, 9.17) is 9.15 Å². The van der Waals surface area contributed by atoms with Crippen molar-refractivity contribution in [1.29, 1.82) is 0 Å². The van der Waals surface area contributed by atoms with Crippen LogP contribution in [-0.4, -0.2) is 26.4 Å². The maximum absolute atomic E-state index is 10.9. The molecule has 4 rings (SSSR count). The molecule has 3 heterocycles. The second-order valence-electron chi connectivity index (χ2n) is 5.07. The highest BCUT2D eigenvalue weighted by Gasteiger charge is 2.29. The third-order valence-electron chi connectivity index (χ3n) is 3.57. The van der Waals surface area contributed by atoms with E-state index in [0.29, 0.717) is 10.9 Å². The van der Waals surface area contributed by atoms with Crippen LogP contribution in [0.2, 0.25) is 0 Å². The number of hydrogen-bond donors (Lipinski definition) is 1. The van der Waals surface area contributed by atoms with Crippen molar-refractivity contribution in [2.45, 2.75) is 11.4 Å². The van der Waals surface area contributed by atoms with E-state index >= 15 is 0 Å². The fraction of sp³-hybridized carbons (Fsp3) is 0.133. The smallest absolute Gasteiger partial charge is 0.433 e. The van der Waals surface area contributed by atoms with Crippen molar-refractivity contribution in [3.05, 3.63) is 52.3 Å². The number of hydrogen-bond acceptors (Lipinski definition) is 9. The van der Waals surface area contributed by atoms with Gasteiger partial charge < -0.3 is 14.5 Å². The molecule has 0 unspecified atom stereocenters. The van der Waals surface area contributed by atoms with Crippen molar-refractivity contribution in [2.75, 3.05) is 11.6 Å². The van der Waals surface area contributed by atoms with E-state index in [0.717, 1.165) is 11.3 Å². The van der Waals surface area contributed by atoms with Crippen LogP contribution in [0.15, 0.2) is 46.0 Å². The van der Waals surface area contributed by atoms with Crippen molar-refractivity contribution in [2.24, 2.45) is 0 Å². The van der Waals surface area contributed by atoms with Crippen LogP contribution in [0.5, 0.6) is 5.88 Å². The summed E-state index contributed by atoms with van der Waals surface area (Å²) in [5.41, 5.74) is 2.00. The SMILES string of the molecule is CSc1nnc2c(n1)O[C@@H](c1ccc([N+](=O)[O-])o1)Nc1ccccc1-2. The average molecular weight is 357 g/mol. The first-order chi connectivity index (χ1) is 12.2. The van der Waals surface area contributed by atoms with E-state index < -0.39 is 11.2 Å². The number of nitrogens with one attached hydrogen (secondary N) is 1. The first kappa shape index (κ1) is 15.4. The van der Waals surface area contributed by atoms with E-state index in [1.165, 1.54) is 23.9 Å². The number of thioether (sulfide) groups is 1.